The molecule has 6 atom stereocenters. The topological polar surface area (TPSA) is 237 Å². The Morgan fingerprint density at radius 3 is 0.763 bits per heavy atom. The van der Waals surface area contributed by atoms with Gasteiger partial charge in [0.1, 0.15) is 19.3 Å². The predicted molar refractivity (Wildman–Crippen MR) is 377 cm³/mol. The summed E-state index contributed by atoms with van der Waals surface area (Å²) in [5.74, 6) is 0.881. The molecule has 0 aliphatic carbocycles. The van der Waals surface area contributed by atoms with E-state index in [4.69, 9.17) is 37.0 Å². The van der Waals surface area contributed by atoms with E-state index in [0.29, 0.717) is 31.6 Å². The van der Waals surface area contributed by atoms with Gasteiger partial charge in [-0.15, -0.1) is 0 Å². The van der Waals surface area contributed by atoms with E-state index in [1.807, 2.05) is 0 Å². The van der Waals surface area contributed by atoms with E-state index in [9.17, 15) is 43.2 Å². The zero-order chi connectivity index (χ0) is 68.9. The van der Waals surface area contributed by atoms with Gasteiger partial charge in [-0.3, -0.25) is 37.3 Å². The first kappa shape index (κ1) is 91.1. The molecule has 0 saturated heterocycles. The van der Waals surface area contributed by atoms with Crippen molar-refractivity contribution in [3.63, 3.8) is 0 Å². The quantitative estimate of drug-likeness (QED) is 0.0222. The average Bonchev–Trinajstić information content (AvgIpc) is 1.64. The fourth-order valence-corrected chi connectivity index (χ4v) is 12.7. The van der Waals surface area contributed by atoms with Gasteiger partial charge in [0.05, 0.1) is 26.4 Å². The lowest BCUT2D eigenvalue weighted by Gasteiger charge is -2.21. The lowest BCUT2D eigenvalue weighted by molar-refractivity contribution is -0.161. The summed E-state index contributed by atoms with van der Waals surface area (Å²) < 4.78 is 68.4. The second-order valence-corrected chi connectivity index (χ2v) is 31.3. The van der Waals surface area contributed by atoms with Crippen molar-refractivity contribution in [2.24, 2.45) is 23.7 Å². The average molecular weight is 1370 g/mol. The third kappa shape index (κ3) is 67.0. The number of phosphoric acid groups is 2. The van der Waals surface area contributed by atoms with Crippen LogP contribution in [0.5, 0.6) is 0 Å². The van der Waals surface area contributed by atoms with Crippen molar-refractivity contribution in [1.82, 2.24) is 0 Å². The number of hydrogen-bond acceptors (Lipinski definition) is 15. The molecule has 3 N–H and O–H groups in total. The van der Waals surface area contributed by atoms with Gasteiger partial charge in [0.2, 0.25) is 0 Å². The van der Waals surface area contributed by atoms with E-state index in [2.05, 4.69) is 55.4 Å². The third-order valence-corrected chi connectivity index (χ3v) is 19.3. The van der Waals surface area contributed by atoms with Crippen LogP contribution in [0.2, 0.25) is 0 Å². The minimum Gasteiger partial charge on any atom is -0.462 e. The molecule has 0 amide bonds. The molecule has 0 heterocycles. The highest BCUT2D eigenvalue weighted by molar-refractivity contribution is 7.47. The summed E-state index contributed by atoms with van der Waals surface area (Å²) in [7, 11) is -9.91. The molecule has 0 bridgehead atoms. The Bertz CT molecular complexity index is 1840. The lowest BCUT2D eigenvalue weighted by Crippen LogP contribution is -2.30. The molecule has 0 spiro atoms. The zero-order valence-corrected chi connectivity index (χ0v) is 62.7. The van der Waals surface area contributed by atoms with E-state index in [1.54, 1.807) is 0 Å². The number of ether oxygens (including phenoxy) is 4. The van der Waals surface area contributed by atoms with Gasteiger partial charge in [-0.2, -0.15) is 0 Å². The molecule has 0 rings (SSSR count). The van der Waals surface area contributed by atoms with Gasteiger partial charge in [0.15, 0.2) is 12.2 Å². The summed E-state index contributed by atoms with van der Waals surface area (Å²) in [6.07, 6.45) is 47.4. The minimum atomic E-state index is -4.96. The summed E-state index contributed by atoms with van der Waals surface area (Å²) in [6, 6.07) is 0. The normalized spacial score (nSPS) is 14.5. The standard InChI is InChI=1S/C74H144O17P2/c1-9-67(8)53-45-37-32-33-41-49-57-74(79)91-70(61-85-72(77)55-47-39-31-25-28-36-44-52-66(6)7)63-89-93(82,83)87-59-68(75)58-86-92(80,81)88-62-69(90-73(78)56-48-40-30-24-20-16-15-18-22-27-35-43-51-65(4)5)60-84-71(76)54-46-38-29-23-19-14-12-10-11-13-17-21-26-34-42-50-64(2)3/h64-70,75H,9-63H2,1-8H3,(H,80,81)(H,82,83)/t67?,68?,69-,70-/m1/s1. The number of rotatable bonds is 71. The van der Waals surface area contributed by atoms with Crippen LogP contribution in [-0.4, -0.2) is 96.7 Å². The number of carbonyl (C=O) groups excluding carboxylic acids is 4. The first-order chi connectivity index (χ1) is 44.6. The molecule has 0 saturated carbocycles. The van der Waals surface area contributed by atoms with Crippen LogP contribution in [0, 0.1) is 23.7 Å². The highest BCUT2D eigenvalue weighted by atomic mass is 31.2. The summed E-state index contributed by atoms with van der Waals surface area (Å²) in [6.45, 7) is 14.1. The van der Waals surface area contributed by atoms with Gasteiger partial charge >= 0.3 is 39.5 Å². The lowest BCUT2D eigenvalue weighted by atomic mass is 10.00. The summed E-state index contributed by atoms with van der Waals surface area (Å²) in [5, 5.41) is 10.6. The van der Waals surface area contributed by atoms with E-state index in [-0.39, 0.29) is 25.7 Å². The summed E-state index contributed by atoms with van der Waals surface area (Å²) in [4.78, 5) is 72.7. The smallest absolute Gasteiger partial charge is 0.462 e. The molecular formula is C74H144O17P2. The highest BCUT2D eigenvalue weighted by Crippen LogP contribution is 2.45. The Labute approximate surface area is 568 Å². The number of aliphatic hydroxyl groups is 1. The third-order valence-electron chi connectivity index (χ3n) is 17.4. The molecule has 552 valence electrons. The maximum absolute atomic E-state index is 13.1. The second kappa shape index (κ2) is 63.5. The maximum Gasteiger partial charge on any atom is 0.472 e. The Hall–Kier alpha value is -1.94. The zero-order valence-electron chi connectivity index (χ0n) is 60.9. The van der Waals surface area contributed by atoms with Crippen LogP contribution in [0.4, 0.5) is 0 Å². The highest BCUT2D eigenvalue weighted by Gasteiger charge is 2.30. The Kier molecular flexibility index (Phi) is 62.2. The van der Waals surface area contributed by atoms with Gasteiger partial charge < -0.3 is 33.8 Å². The van der Waals surface area contributed by atoms with E-state index < -0.39 is 97.5 Å². The van der Waals surface area contributed by atoms with Crippen molar-refractivity contribution in [3.8, 4) is 0 Å². The minimum absolute atomic E-state index is 0.102. The molecule has 0 radical (unpaired) electrons. The molecule has 19 heteroatoms. The molecule has 17 nitrogen and oxygen atoms in total. The fourth-order valence-electron chi connectivity index (χ4n) is 11.2. The van der Waals surface area contributed by atoms with Crippen molar-refractivity contribution in [2.45, 2.75) is 388 Å². The second-order valence-electron chi connectivity index (χ2n) is 28.4. The SMILES string of the molecule is CCC(C)CCCCCCCCC(=O)O[C@H](COC(=O)CCCCCCCCCC(C)C)COP(=O)(O)OCC(O)COP(=O)(O)OC[C@@H](COC(=O)CCCCCCCCCCCCCCCCCC(C)C)OC(=O)CCCCCCCCCCCCCCC(C)C. The van der Waals surface area contributed by atoms with Gasteiger partial charge in [-0.05, 0) is 49.4 Å². The number of aliphatic hydroxyl groups excluding tert-OH is 1. The number of unbranched alkanes of at least 4 members (excludes halogenated alkanes) is 36. The maximum atomic E-state index is 13.1. The van der Waals surface area contributed by atoms with Gasteiger partial charge in [-0.1, -0.05) is 319 Å². The molecule has 0 aromatic rings. The van der Waals surface area contributed by atoms with Crippen molar-refractivity contribution in [2.75, 3.05) is 39.6 Å². The first-order valence-electron chi connectivity index (χ1n) is 38.2. The Balaban J connectivity index is 5.23. The van der Waals surface area contributed by atoms with Crippen LogP contribution in [0.15, 0.2) is 0 Å². The van der Waals surface area contributed by atoms with Gasteiger partial charge in [0, 0.05) is 25.7 Å². The van der Waals surface area contributed by atoms with Gasteiger partial charge in [-0.25, -0.2) is 9.13 Å². The number of esters is 4. The van der Waals surface area contributed by atoms with Crippen LogP contribution < -0.4 is 0 Å². The Morgan fingerprint density at radius 1 is 0.301 bits per heavy atom. The van der Waals surface area contributed by atoms with E-state index in [1.165, 1.54) is 167 Å². The molecule has 4 unspecified atom stereocenters. The number of carbonyl (C=O) groups is 4. The predicted octanol–water partition coefficient (Wildman–Crippen LogP) is 21.3. The molecule has 0 aromatic heterocycles. The molecule has 0 aliphatic rings. The largest absolute Gasteiger partial charge is 0.472 e. The van der Waals surface area contributed by atoms with Crippen LogP contribution in [0.25, 0.3) is 0 Å². The number of hydrogen-bond donors (Lipinski definition) is 3. The van der Waals surface area contributed by atoms with Crippen molar-refractivity contribution < 1.29 is 80.2 Å². The van der Waals surface area contributed by atoms with Crippen molar-refractivity contribution >= 4 is 39.5 Å². The van der Waals surface area contributed by atoms with Crippen LogP contribution in [0.3, 0.4) is 0 Å². The fraction of sp³-hybridized carbons (Fsp3) is 0.946. The molecule has 93 heavy (non-hydrogen) atoms. The van der Waals surface area contributed by atoms with Crippen LogP contribution in [0.1, 0.15) is 370 Å². The molecular weight excluding hydrogens is 1220 g/mol. The van der Waals surface area contributed by atoms with Gasteiger partial charge in [0.25, 0.3) is 0 Å². The van der Waals surface area contributed by atoms with Crippen LogP contribution in [-0.2, 0) is 65.4 Å². The molecule has 0 aliphatic heterocycles. The van der Waals surface area contributed by atoms with E-state index >= 15 is 0 Å². The van der Waals surface area contributed by atoms with E-state index in [0.717, 1.165) is 114 Å². The van der Waals surface area contributed by atoms with Crippen LogP contribution >= 0.6 is 15.6 Å². The molecule has 0 aromatic carbocycles. The molecule has 0 fully saturated rings. The summed E-state index contributed by atoms with van der Waals surface area (Å²) >= 11 is 0. The number of phosphoric ester groups is 2. The monoisotopic (exact) mass is 1370 g/mol. The van der Waals surface area contributed by atoms with Crippen molar-refractivity contribution in [1.29, 1.82) is 0 Å². The van der Waals surface area contributed by atoms with Crippen molar-refractivity contribution in [3.05, 3.63) is 0 Å². The Morgan fingerprint density at radius 2 is 0.516 bits per heavy atom. The summed E-state index contributed by atoms with van der Waals surface area (Å²) in [5.41, 5.74) is 0. The first-order valence-corrected chi connectivity index (χ1v) is 41.2.